The molecule has 5 N–H and O–H groups in total. The van der Waals surface area contributed by atoms with Gasteiger partial charge in [0.15, 0.2) is 5.69 Å². The summed E-state index contributed by atoms with van der Waals surface area (Å²) in [6.45, 7) is 2.29. The molecule has 0 saturated carbocycles. The Morgan fingerprint density at radius 2 is 2.33 bits per heavy atom. The number of carbonyl (C=O) groups excluding carboxylic acids is 1. The first-order chi connectivity index (χ1) is 8.72. The molecule has 2 heterocycles. The van der Waals surface area contributed by atoms with Gasteiger partial charge >= 0.3 is 0 Å². The quantitative estimate of drug-likeness (QED) is 0.593. The van der Waals surface area contributed by atoms with Crippen LogP contribution in [0.15, 0.2) is 6.33 Å². The molecule has 0 aliphatic heterocycles. The lowest BCUT2D eigenvalue weighted by Gasteiger charge is -2.01. The monoisotopic (exact) mass is 249 g/mol. The van der Waals surface area contributed by atoms with E-state index in [9.17, 15) is 4.79 Å². The number of carbonyl (C=O) groups is 1. The molecule has 2 aromatic rings. The number of H-pyrrole nitrogens is 2. The average Bonchev–Trinajstić information content (AvgIpc) is 2.98. The summed E-state index contributed by atoms with van der Waals surface area (Å²) in [6, 6.07) is 0. The Morgan fingerprint density at radius 1 is 1.50 bits per heavy atom. The normalized spacial score (nSPS) is 10.5. The summed E-state index contributed by atoms with van der Waals surface area (Å²) < 4.78 is 0. The average molecular weight is 249 g/mol. The fourth-order valence-electron chi connectivity index (χ4n) is 1.56. The van der Waals surface area contributed by atoms with E-state index in [1.54, 1.807) is 0 Å². The molecule has 2 aromatic heterocycles. The van der Waals surface area contributed by atoms with Crippen LogP contribution in [0, 0.1) is 0 Å². The van der Waals surface area contributed by atoms with Gasteiger partial charge in [-0.1, -0.05) is 13.3 Å². The van der Waals surface area contributed by atoms with Crippen molar-refractivity contribution >= 4 is 11.6 Å². The molecule has 0 radical (unpaired) electrons. The van der Waals surface area contributed by atoms with E-state index in [1.807, 2.05) is 6.92 Å². The largest absolute Gasteiger partial charge is 0.395 e. The minimum Gasteiger partial charge on any atom is -0.395 e. The second kappa shape index (κ2) is 5.30. The first-order valence-corrected chi connectivity index (χ1v) is 5.67. The fourth-order valence-corrected chi connectivity index (χ4v) is 1.56. The smallest absolute Gasteiger partial charge is 0.274 e. The van der Waals surface area contributed by atoms with Crippen LogP contribution in [0.4, 0.5) is 5.69 Å². The van der Waals surface area contributed by atoms with Crippen molar-refractivity contribution in [3.05, 3.63) is 23.5 Å². The van der Waals surface area contributed by atoms with E-state index in [0.29, 0.717) is 11.5 Å². The second-order valence-electron chi connectivity index (χ2n) is 3.83. The van der Waals surface area contributed by atoms with E-state index in [0.717, 1.165) is 18.5 Å². The zero-order chi connectivity index (χ0) is 13.0. The molecule has 1 amide bonds. The van der Waals surface area contributed by atoms with Gasteiger partial charge in [0, 0.05) is 0 Å². The maximum absolute atomic E-state index is 11.8. The molecule has 0 aliphatic rings. The van der Waals surface area contributed by atoms with Gasteiger partial charge < -0.3 is 11.1 Å². The van der Waals surface area contributed by atoms with Gasteiger partial charge in [0.1, 0.15) is 12.2 Å². The molecule has 0 bridgehead atoms. The van der Waals surface area contributed by atoms with Crippen LogP contribution in [0.2, 0.25) is 0 Å². The third-order valence-corrected chi connectivity index (χ3v) is 2.48. The summed E-state index contributed by atoms with van der Waals surface area (Å²) >= 11 is 0. The molecular formula is C10H15N7O. The van der Waals surface area contributed by atoms with Crippen molar-refractivity contribution in [2.45, 2.75) is 26.3 Å². The van der Waals surface area contributed by atoms with Crippen LogP contribution in [-0.2, 0) is 13.0 Å². The molecule has 0 aromatic carbocycles. The van der Waals surface area contributed by atoms with Crippen LogP contribution in [0.25, 0.3) is 0 Å². The highest BCUT2D eigenvalue weighted by Gasteiger charge is 2.16. The number of nitrogens with two attached hydrogens (primary N) is 1. The molecule has 0 aliphatic carbocycles. The van der Waals surface area contributed by atoms with Crippen molar-refractivity contribution < 1.29 is 4.79 Å². The molecule has 2 rings (SSSR count). The molecule has 0 fully saturated rings. The maximum Gasteiger partial charge on any atom is 0.274 e. The summed E-state index contributed by atoms with van der Waals surface area (Å²) in [4.78, 5) is 15.7. The number of nitrogen functional groups attached to an aromatic ring is 1. The SMILES string of the molecule is CCCc1[nH]nc(C(=O)NCc2ncn[nH]2)c1N. The predicted octanol–water partition coefficient (Wildman–Crippen LogP) is -0.00750. The van der Waals surface area contributed by atoms with Crippen molar-refractivity contribution in [3.63, 3.8) is 0 Å². The first kappa shape index (κ1) is 12.1. The van der Waals surface area contributed by atoms with Crippen LogP contribution in [0.1, 0.15) is 35.4 Å². The zero-order valence-electron chi connectivity index (χ0n) is 10.0. The third kappa shape index (κ3) is 2.47. The van der Waals surface area contributed by atoms with Crippen molar-refractivity contribution in [3.8, 4) is 0 Å². The topological polar surface area (TPSA) is 125 Å². The van der Waals surface area contributed by atoms with Crippen LogP contribution in [0.5, 0.6) is 0 Å². The molecule has 96 valence electrons. The summed E-state index contributed by atoms with van der Waals surface area (Å²) in [5.41, 5.74) is 7.27. The van der Waals surface area contributed by atoms with Gasteiger partial charge in [-0.2, -0.15) is 10.2 Å². The van der Waals surface area contributed by atoms with Gasteiger partial charge in [0.2, 0.25) is 0 Å². The molecule has 0 spiro atoms. The van der Waals surface area contributed by atoms with E-state index < -0.39 is 0 Å². The molecule has 0 saturated heterocycles. The fraction of sp³-hybridized carbons (Fsp3) is 0.400. The highest BCUT2D eigenvalue weighted by molar-refractivity contribution is 5.97. The van der Waals surface area contributed by atoms with Gasteiger partial charge in [-0.05, 0) is 6.42 Å². The summed E-state index contributed by atoms with van der Waals surface area (Å²) in [5, 5.41) is 15.7. The van der Waals surface area contributed by atoms with Crippen molar-refractivity contribution in [1.82, 2.24) is 30.7 Å². The molecule has 0 atom stereocenters. The van der Waals surface area contributed by atoms with E-state index >= 15 is 0 Å². The lowest BCUT2D eigenvalue weighted by molar-refractivity contribution is 0.0946. The van der Waals surface area contributed by atoms with E-state index in [4.69, 9.17) is 5.73 Å². The maximum atomic E-state index is 11.8. The number of hydrogen-bond acceptors (Lipinski definition) is 5. The lowest BCUT2D eigenvalue weighted by atomic mass is 10.2. The summed E-state index contributed by atoms with van der Waals surface area (Å²) in [5.74, 6) is 0.244. The number of rotatable bonds is 5. The number of nitrogens with one attached hydrogen (secondary N) is 3. The number of amides is 1. The van der Waals surface area contributed by atoms with E-state index in [2.05, 4.69) is 30.7 Å². The first-order valence-electron chi connectivity index (χ1n) is 5.67. The minimum atomic E-state index is -0.331. The Balaban J connectivity index is 2.00. The number of nitrogens with zero attached hydrogens (tertiary/aromatic N) is 3. The van der Waals surface area contributed by atoms with Crippen molar-refractivity contribution in [1.29, 1.82) is 0 Å². The van der Waals surface area contributed by atoms with E-state index in [1.165, 1.54) is 6.33 Å². The molecular weight excluding hydrogens is 234 g/mol. The van der Waals surface area contributed by atoms with Gasteiger partial charge in [-0.3, -0.25) is 15.0 Å². The van der Waals surface area contributed by atoms with Crippen LogP contribution < -0.4 is 11.1 Å². The molecule has 8 nitrogen and oxygen atoms in total. The van der Waals surface area contributed by atoms with Crippen molar-refractivity contribution in [2.24, 2.45) is 0 Å². The van der Waals surface area contributed by atoms with Gasteiger partial charge in [-0.25, -0.2) is 4.98 Å². The minimum absolute atomic E-state index is 0.220. The third-order valence-electron chi connectivity index (χ3n) is 2.48. The number of hydrogen-bond donors (Lipinski definition) is 4. The van der Waals surface area contributed by atoms with Gasteiger partial charge in [-0.15, -0.1) is 0 Å². The number of aryl methyl sites for hydroxylation is 1. The number of aromatic nitrogens is 5. The Hall–Kier alpha value is -2.38. The molecule has 8 heteroatoms. The molecule has 0 unspecified atom stereocenters. The highest BCUT2D eigenvalue weighted by Crippen LogP contribution is 2.15. The number of anilines is 1. The lowest BCUT2D eigenvalue weighted by Crippen LogP contribution is -2.24. The Bertz CT molecular complexity index is 516. The standard InChI is InChI=1S/C10H15N7O/c1-2-3-6-8(11)9(17-15-6)10(18)12-4-7-13-5-14-16-7/h5H,2-4,11H2,1H3,(H,12,18)(H,15,17)(H,13,14,16). The van der Waals surface area contributed by atoms with Gasteiger partial charge in [0.05, 0.1) is 17.9 Å². The summed E-state index contributed by atoms with van der Waals surface area (Å²) in [6.07, 6.45) is 3.09. The Labute approximate surface area is 103 Å². The van der Waals surface area contributed by atoms with Crippen LogP contribution in [0.3, 0.4) is 0 Å². The van der Waals surface area contributed by atoms with Crippen LogP contribution >= 0.6 is 0 Å². The Morgan fingerprint density at radius 3 is 3.00 bits per heavy atom. The van der Waals surface area contributed by atoms with Crippen molar-refractivity contribution in [2.75, 3.05) is 5.73 Å². The molecule has 18 heavy (non-hydrogen) atoms. The second-order valence-corrected chi connectivity index (χ2v) is 3.83. The zero-order valence-corrected chi connectivity index (χ0v) is 10.0. The predicted molar refractivity (Wildman–Crippen MR) is 64.5 cm³/mol. The number of aromatic amines is 2. The van der Waals surface area contributed by atoms with E-state index in [-0.39, 0.29) is 18.1 Å². The summed E-state index contributed by atoms with van der Waals surface area (Å²) in [7, 11) is 0. The van der Waals surface area contributed by atoms with Crippen LogP contribution in [-0.4, -0.2) is 31.3 Å². The van der Waals surface area contributed by atoms with Gasteiger partial charge in [0.25, 0.3) is 5.91 Å². The Kier molecular flexibility index (Phi) is 3.56. The highest BCUT2D eigenvalue weighted by atomic mass is 16.1.